The van der Waals surface area contributed by atoms with Crippen LogP contribution >= 0.6 is 7.82 Å². The number of aryl methyl sites for hydroxylation is 1. The molecule has 22 heavy (non-hydrogen) atoms. The van der Waals surface area contributed by atoms with E-state index in [0.717, 1.165) is 32.2 Å². The predicted molar refractivity (Wildman–Crippen MR) is 87.5 cm³/mol. The van der Waals surface area contributed by atoms with E-state index in [1.807, 2.05) is 33.3 Å². The van der Waals surface area contributed by atoms with E-state index in [0.29, 0.717) is 11.0 Å². The van der Waals surface area contributed by atoms with Gasteiger partial charge in [0.2, 0.25) is 0 Å². The fraction of sp³-hybridized carbons (Fsp3) is 0.733. The highest BCUT2D eigenvalue weighted by molar-refractivity contribution is 7.47. The third-order valence-electron chi connectivity index (χ3n) is 3.25. The number of phosphoric acid groups is 1. The van der Waals surface area contributed by atoms with Gasteiger partial charge in [0.05, 0.1) is 27.7 Å². The second-order valence-electron chi connectivity index (χ2n) is 6.48. The molecular formula is C15H30N2O4P+. The molecule has 1 rings (SSSR count). The van der Waals surface area contributed by atoms with Crippen LogP contribution in [0.5, 0.6) is 0 Å². The molecule has 0 bridgehead atoms. The van der Waals surface area contributed by atoms with E-state index in [1.54, 1.807) is 0 Å². The lowest BCUT2D eigenvalue weighted by molar-refractivity contribution is -0.870. The second kappa shape index (κ2) is 9.48. The van der Waals surface area contributed by atoms with Crippen molar-refractivity contribution in [2.45, 2.75) is 32.2 Å². The standard InChI is InChI=1S/C15H29N2O4P/c1-17(2,3)13-15-21-22(18,19)20-14-9-5-4-6-10-16-11-7-8-12-16/h7-8,11-12H,4-6,9-10,13-15H2,1-3H3/p+1. The normalized spacial score (nSPS) is 14.9. The molecule has 0 saturated heterocycles. The Labute approximate surface area is 133 Å². The van der Waals surface area contributed by atoms with Gasteiger partial charge in [-0.1, -0.05) is 12.8 Å². The van der Waals surface area contributed by atoms with Crippen LogP contribution in [0.1, 0.15) is 25.7 Å². The first-order valence-electron chi connectivity index (χ1n) is 7.82. The molecule has 7 heteroatoms. The Kier molecular flexibility index (Phi) is 8.36. The molecule has 0 aliphatic rings. The van der Waals surface area contributed by atoms with E-state index in [2.05, 4.69) is 17.0 Å². The molecule has 1 aromatic rings. The molecule has 0 radical (unpaired) electrons. The van der Waals surface area contributed by atoms with Crippen LogP contribution in [0.15, 0.2) is 24.5 Å². The van der Waals surface area contributed by atoms with Crippen molar-refractivity contribution in [3.8, 4) is 0 Å². The fourth-order valence-corrected chi connectivity index (χ4v) is 2.66. The van der Waals surface area contributed by atoms with Crippen molar-refractivity contribution in [3.63, 3.8) is 0 Å². The van der Waals surface area contributed by atoms with Crippen molar-refractivity contribution in [1.82, 2.24) is 4.57 Å². The van der Waals surface area contributed by atoms with E-state index >= 15 is 0 Å². The van der Waals surface area contributed by atoms with Crippen LogP contribution in [0.3, 0.4) is 0 Å². The van der Waals surface area contributed by atoms with Gasteiger partial charge in [-0.2, -0.15) is 0 Å². The van der Waals surface area contributed by atoms with E-state index < -0.39 is 7.82 Å². The minimum atomic E-state index is -3.89. The molecule has 0 spiro atoms. The molecule has 1 unspecified atom stereocenters. The number of likely N-dealkylation sites (N-methyl/N-ethyl adjacent to an activating group) is 1. The van der Waals surface area contributed by atoms with E-state index in [4.69, 9.17) is 9.05 Å². The smallest absolute Gasteiger partial charge is 0.354 e. The molecule has 1 aromatic heterocycles. The molecule has 0 saturated carbocycles. The number of aromatic nitrogens is 1. The van der Waals surface area contributed by atoms with Crippen LogP contribution in [0, 0.1) is 0 Å². The minimum Gasteiger partial charge on any atom is -0.354 e. The van der Waals surface area contributed by atoms with Gasteiger partial charge in [0.25, 0.3) is 0 Å². The van der Waals surface area contributed by atoms with Gasteiger partial charge >= 0.3 is 7.82 Å². The summed E-state index contributed by atoms with van der Waals surface area (Å²) in [4.78, 5) is 9.54. The number of nitrogens with zero attached hydrogens (tertiary/aromatic N) is 2. The number of quaternary nitrogens is 1. The molecule has 1 N–H and O–H groups in total. The molecule has 0 aliphatic heterocycles. The molecule has 0 amide bonds. The Hall–Kier alpha value is -0.650. The zero-order chi connectivity index (χ0) is 16.5. The largest absolute Gasteiger partial charge is 0.472 e. The number of phosphoric ester groups is 1. The monoisotopic (exact) mass is 333 g/mol. The summed E-state index contributed by atoms with van der Waals surface area (Å²) < 4.78 is 24.4. The number of unbranched alkanes of at least 4 members (excludes halogenated alkanes) is 3. The summed E-state index contributed by atoms with van der Waals surface area (Å²) in [6, 6.07) is 4.04. The van der Waals surface area contributed by atoms with Crippen LogP contribution in [0.4, 0.5) is 0 Å². The average molecular weight is 333 g/mol. The molecule has 128 valence electrons. The molecule has 0 aromatic carbocycles. The lowest BCUT2D eigenvalue weighted by Gasteiger charge is -2.24. The summed E-state index contributed by atoms with van der Waals surface area (Å²) >= 11 is 0. The first-order valence-corrected chi connectivity index (χ1v) is 9.31. The molecule has 6 nitrogen and oxygen atoms in total. The van der Waals surface area contributed by atoms with Gasteiger partial charge in [-0.15, -0.1) is 0 Å². The third-order valence-corrected chi connectivity index (χ3v) is 4.27. The third kappa shape index (κ3) is 10.1. The summed E-state index contributed by atoms with van der Waals surface area (Å²) in [5.74, 6) is 0. The Morgan fingerprint density at radius 2 is 1.59 bits per heavy atom. The van der Waals surface area contributed by atoms with Gasteiger partial charge in [-0.3, -0.25) is 9.05 Å². The van der Waals surface area contributed by atoms with Gasteiger partial charge in [-0.05, 0) is 25.0 Å². The summed E-state index contributed by atoms with van der Waals surface area (Å²) in [6.07, 6.45) is 8.05. The van der Waals surface area contributed by atoms with E-state index in [-0.39, 0.29) is 13.2 Å². The summed E-state index contributed by atoms with van der Waals surface area (Å²) in [5.41, 5.74) is 0. The first kappa shape index (κ1) is 19.4. The molecule has 0 fully saturated rings. The summed E-state index contributed by atoms with van der Waals surface area (Å²) in [6.45, 7) is 2.16. The maximum Gasteiger partial charge on any atom is 0.472 e. The zero-order valence-electron chi connectivity index (χ0n) is 14.0. The number of hydrogen-bond acceptors (Lipinski definition) is 3. The van der Waals surface area contributed by atoms with Crippen molar-refractivity contribution in [2.24, 2.45) is 0 Å². The fourth-order valence-electron chi connectivity index (χ4n) is 1.92. The predicted octanol–water partition coefficient (Wildman–Crippen LogP) is 2.89. The Morgan fingerprint density at radius 3 is 2.23 bits per heavy atom. The average Bonchev–Trinajstić information content (AvgIpc) is 2.88. The topological polar surface area (TPSA) is 60.7 Å². The lowest BCUT2D eigenvalue weighted by atomic mass is 10.2. The Morgan fingerprint density at radius 1 is 1.00 bits per heavy atom. The van der Waals surface area contributed by atoms with Gasteiger partial charge in [0.15, 0.2) is 0 Å². The summed E-state index contributed by atoms with van der Waals surface area (Å²) in [5, 5.41) is 0. The maximum atomic E-state index is 11.6. The first-order chi connectivity index (χ1) is 10.3. The van der Waals surface area contributed by atoms with Crippen LogP contribution in [0.2, 0.25) is 0 Å². The SMILES string of the molecule is C[N+](C)(C)CCOP(=O)(O)OCCCCCCn1cccc1. The Balaban J connectivity index is 1.99. The highest BCUT2D eigenvalue weighted by Crippen LogP contribution is 2.43. The maximum absolute atomic E-state index is 11.6. The van der Waals surface area contributed by atoms with E-state index in [9.17, 15) is 9.46 Å². The van der Waals surface area contributed by atoms with Crippen LogP contribution in [0.25, 0.3) is 0 Å². The quantitative estimate of drug-likeness (QED) is 0.363. The van der Waals surface area contributed by atoms with Crippen molar-refractivity contribution >= 4 is 7.82 Å². The molecule has 1 atom stereocenters. The van der Waals surface area contributed by atoms with Gasteiger partial charge < -0.3 is 13.9 Å². The lowest BCUT2D eigenvalue weighted by Crippen LogP contribution is -2.37. The van der Waals surface area contributed by atoms with Crippen molar-refractivity contribution < 1.29 is 23.0 Å². The highest BCUT2D eigenvalue weighted by atomic mass is 31.2. The highest BCUT2D eigenvalue weighted by Gasteiger charge is 2.21. The number of rotatable bonds is 12. The minimum absolute atomic E-state index is 0.216. The molecular weight excluding hydrogens is 303 g/mol. The van der Waals surface area contributed by atoms with E-state index in [1.165, 1.54) is 0 Å². The second-order valence-corrected chi connectivity index (χ2v) is 7.94. The van der Waals surface area contributed by atoms with Gasteiger partial charge in [-0.25, -0.2) is 4.57 Å². The van der Waals surface area contributed by atoms with Crippen LogP contribution in [-0.4, -0.2) is 54.8 Å². The van der Waals surface area contributed by atoms with Crippen molar-refractivity contribution in [3.05, 3.63) is 24.5 Å². The van der Waals surface area contributed by atoms with Crippen molar-refractivity contribution in [2.75, 3.05) is 40.9 Å². The molecule has 0 aliphatic carbocycles. The van der Waals surface area contributed by atoms with Crippen molar-refractivity contribution in [1.29, 1.82) is 0 Å². The van der Waals surface area contributed by atoms with Gasteiger partial charge in [0.1, 0.15) is 13.2 Å². The van der Waals surface area contributed by atoms with Crippen LogP contribution in [-0.2, 0) is 20.2 Å². The Bertz CT molecular complexity index is 443. The molecule has 1 heterocycles. The van der Waals surface area contributed by atoms with Crippen LogP contribution < -0.4 is 0 Å². The number of hydrogen-bond donors (Lipinski definition) is 1. The van der Waals surface area contributed by atoms with Gasteiger partial charge in [0, 0.05) is 18.9 Å². The summed E-state index contributed by atoms with van der Waals surface area (Å²) in [7, 11) is 2.11. The zero-order valence-corrected chi connectivity index (χ0v) is 14.9.